The first kappa shape index (κ1) is 28.0. The van der Waals surface area contributed by atoms with E-state index in [0.29, 0.717) is 0 Å². The standard InChI is InChI=1S/C34H37BN6/c1-7-11-18-24(15-8-2)33(5,9-3)26-21-22-28(32-30(26)37-41-39-32)35-34(6,10-4)27-20-19-25(23-16-13-12-14-17-23)29-31(27)38-40-36-29/h7-8,11-22,35H,1-2,9-10H2,3-6H3,(H,36,38,40)(H,37,39,41)/b18-11-,24-15+. The van der Waals surface area contributed by atoms with Crippen LogP contribution in [0.4, 0.5) is 0 Å². The minimum absolute atomic E-state index is 0.202. The third-order valence-corrected chi connectivity index (χ3v) is 8.78. The molecular weight excluding hydrogens is 503 g/mol. The smallest absolute Gasteiger partial charge is 0.172 e. The summed E-state index contributed by atoms with van der Waals surface area (Å²) in [6.07, 6.45) is 11.6. The van der Waals surface area contributed by atoms with E-state index in [1.807, 2.05) is 30.4 Å². The Morgan fingerprint density at radius 2 is 1.44 bits per heavy atom. The van der Waals surface area contributed by atoms with E-state index in [1.165, 1.54) is 5.56 Å². The molecule has 0 saturated heterocycles. The number of aromatic nitrogens is 6. The van der Waals surface area contributed by atoms with Gasteiger partial charge in [-0.2, -0.15) is 30.8 Å². The van der Waals surface area contributed by atoms with Gasteiger partial charge in [0.1, 0.15) is 22.1 Å². The van der Waals surface area contributed by atoms with Crippen molar-refractivity contribution in [2.45, 2.75) is 51.3 Å². The first-order chi connectivity index (χ1) is 19.9. The van der Waals surface area contributed by atoms with Gasteiger partial charge in [-0.15, -0.1) is 0 Å². The Kier molecular flexibility index (Phi) is 7.89. The van der Waals surface area contributed by atoms with Crippen LogP contribution in [-0.2, 0) is 10.7 Å². The Morgan fingerprint density at radius 1 is 0.780 bits per heavy atom. The highest BCUT2D eigenvalue weighted by atomic mass is 15.3. The van der Waals surface area contributed by atoms with Crippen LogP contribution in [0.2, 0.25) is 0 Å². The summed E-state index contributed by atoms with van der Waals surface area (Å²) in [6, 6.07) is 19.2. The Balaban J connectivity index is 1.59. The van der Waals surface area contributed by atoms with Gasteiger partial charge in [0.2, 0.25) is 0 Å². The third-order valence-electron chi connectivity index (χ3n) is 8.78. The number of nitrogens with one attached hydrogen (secondary N) is 2. The van der Waals surface area contributed by atoms with Crippen molar-refractivity contribution in [3.8, 4) is 11.1 Å². The second-order valence-corrected chi connectivity index (χ2v) is 11.1. The summed E-state index contributed by atoms with van der Waals surface area (Å²) in [6.45, 7) is 16.8. The quantitative estimate of drug-likeness (QED) is 0.143. The minimum Gasteiger partial charge on any atom is -0.197 e. The normalized spacial score (nSPS) is 15.2. The minimum atomic E-state index is -0.282. The lowest BCUT2D eigenvalue weighted by Crippen LogP contribution is -2.38. The predicted molar refractivity (Wildman–Crippen MR) is 173 cm³/mol. The Hall–Kier alpha value is -4.52. The number of benzene rings is 3. The largest absolute Gasteiger partial charge is 0.197 e. The Morgan fingerprint density at radius 3 is 2.10 bits per heavy atom. The number of rotatable bonds is 11. The van der Waals surface area contributed by atoms with Crippen LogP contribution >= 0.6 is 0 Å². The van der Waals surface area contributed by atoms with Crippen LogP contribution in [-0.4, -0.2) is 38.1 Å². The highest BCUT2D eigenvalue weighted by Gasteiger charge is 2.34. The highest BCUT2D eigenvalue weighted by Crippen LogP contribution is 2.40. The lowest BCUT2D eigenvalue weighted by atomic mass is 9.45. The van der Waals surface area contributed by atoms with Gasteiger partial charge in [0.15, 0.2) is 7.28 Å². The second-order valence-electron chi connectivity index (χ2n) is 11.1. The molecule has 2 atom stereocenters. The van der Waals surface area contributed by atoms with E-state index in [9.17, 15) is 0 Å². The van der Waals surface area contributed by atoms with Gasteiger partial charge in [-0.1, -0.05) is 138 Å². The van der Waals surface area contributed by atoms with Crippen molar-refractivity contribution in [1.29, 1.82) is 0 Å². The molecule has 41 heavy (non-hydrogen) atoms. The molecule has 0 aliphatic heterocycles. The van der Waals surface area contributed by atoms with Crippen molar-refractivity contribution < 1.29 is 0 Å². The summed E-state index contributed by atoms with van der Waals surface area (Å²) in [4.78, 5) is 0. The molecule has 3 aromatic carbocycles. The van der Waals surface area contributed by atoms with Crippen molar-refractivity contribution in [2.24, 2.45) is 0 Å². The number of nitrogens with zero attached hydrogens (tertiary/aromatic N) is 4. The van der Waals surface area contributed by atoms with Crippen LogP contribution in [0.3, 0.4) is 0 Å². The van der Waals surface area contributed by atoms with E-state index >= 15 is 0 Å². The Labute approximate surface area is 242 Å². The van der Waals surface area contributed by atoms with Crippen molar-refractivity contribution in [1.82, 2.24) is 30.8 Å². The van der Waals surface area contributed by atoms with E-state index in [1.54, 1.807) is 6.08 Å². The summed E-state index contributed by atoms with van der Waals surface area (Å²) in [5.41, 5.74) is 10.1. The van der Waals surface area contributed by atoms with Gasteiger partial charge in [0, 0.05) is 11.0 Å². The molecule has 5 rings (SSSR count). The second kappa shape index (κ2) is 11.5. The molecule has 2 heterocycles. The Bertz CT molecular complexity index is 1760. The molecule has 0 amide bonds. The molecule has 0 aliphatic carbocycles. The average molecular weight is 541 g/mol. The van der Waals surface area contributed by atoms with Crippen molar-refractivity contribution in [2.75, 3.05) is 0 Å². The van der Waals surface area contributed by atoms with Crippen molar-refractivity contribution >= 4 is 34.8 Å². The van der Waals surface area contributed by atoms with Crippen LogP contribution in [0.25, 0.3) is 33.2 Å². The molecule has 7 heteroatoms. The van der Waals surface area contributed by atoms with Gasteiger partial charge in [-0.3, -0.25) is 0 Å². The van der Waals surface area contributed by atoms with Crippen LogP contribution < -0.4 is 5.46 Å². The molecule has 0 fully saturated rings. The van der Waals surface area contributed by atoms with Gasteiger partial charge in [-0.25, -0.2) is 0 Å². The summed E-state index contributed by atoms with van der Waals surface area (Å²) in [7, 11) is 0.786. The number of allylic oxidation sites excluding steroid dienone is 6. The van der Waals surface area contributed by atoms with Crippen LogP contribution in [0, 0.1) is 0 Å². The zero-order valence-electron chi connectivity index (χ0n) is 24.4. The van der Waals surface area contributed by atoms with Gasteiger partial charge in [-0.05, 0) is 34.0 Å². The summed E-state index contributed by atoms with van der Waals surface area (Å²) in [5, 5.41) is 24.1. The van der Waals surface area contributed by atoms with Gasteiger partial charge in [0.05, 0.1) is 0 Å². The molecule has 0 spiro atoms. The number of hydrogen-bond donors (Lipinski definition) is 2. The maximum absolute atomic E-state index is 4.67. The van der Waals surface area contributed by atoms with Crippen molar-refractivity contribution in [3.05, 3.63) is 115 Å². The maximum atomic E-state index is 4.67. The number of aromatic amines is 2. The zero-order chi connectivity index (χ0) is 29.0. The fraction of sp³-hybridized carbons (Fsp3) is 0.235. The number of H-pyrrole nitrogens is 2. The topological polar surface area (TPSA) is 83.1 Å². The zero-order valence-corrected chi connectivity index (χ0v) is 24.4. The molecule has 6 nitrogen and oxygen atoms in total. The van der Waals surface area contributed by atoms with E-state index in [0.717, 1.165) is 69.9 Å². The first-order valence-electron chi connectivity index (χ1n) is 14.2. The lowest BCUT2D eigenvalue weighted by molar-refractivity contribution is 0.552. The van der Waals surface area contributed by atoms with E-state index in [-0.39, 0.29) is 10.7 Å². The van der Waals surface area contributed by atoms with E-state index < -0.39 is 0 Å². The maximum Gasteiger partial charge on any atom is 0.172 e. The van der Waals surface area contributed by atoms with Gasteiger partial charge in [0.25, 0.3) is 0 Å². The van der Waals surface area contributed by atoms with Crippen LogP contribution in [0.5, 0.6) is 0 Å². The molecular formula is C34H37BN6. The number of fused-ring (bicyclic) bond motifs is 2. The van der Waals surface area contributed by atoms with Gasteiger partial charge < -0.3 is 0 Å². The molecule has 2 N–H and O–H groups in total. The monoisotopic (exact) mass is 540 g/mol. The van der Waals surface area contributed by atoms with E-state index in [2.05, 4.69) is 120 Å². The van der Waals surface area contributed by atoms with Crippen LogP contribution in [0.1, 0.15) is 51.7 Å². The molecule has 206 valence electrons. The fourth-order valence-electron chi connectivity index (χ4n) is 5.94. The molecule has 5 aromatic rings. The van der Waals surface area contributed by atoms with E-state index in [4.69, 9.17) is 0 Å². The average Bonchev–Trinajstić information content (AvgIpc) is 3.70. The van der Waals surface area contributed by atoms with Gasteiger partial charge >= 0.3 is 0 Å². The summed E-state index contributed by atoms with van der Waals surface area (Å²) >= 11 is 0. The van der Waals surface area contributed by atoms with Crippen LogP contribution in [0.15, 0.2) is 104 Å². The SMILES string of the molecule is C=C/C=C\C(=C/C=C)C(C)(CC)c1ccc(BC(C)(CC)c2ccc(-c3ccccc3)c3n[nH]nc23)c2n[nH]nc12. The predicted octanol–water partition coefficient (Wildman–Crippen LogP) is 6.81. The summed E-state index contributed by atoms with van der Waals surface area (Å²) < 4.78 is 0. The third kappa shape index (κ3) is 4.97. The molecule has 0 aliphatic rings. The lowest BCUT2D eigenvalue weighted by Gasteiger charge is -2.32. The molecule has 0 radical (unpaired) electrons. The highest BCUT2D eigenvalue weighted by molar-refractivity contribution is 6.60. The first-order valence-corrected chi connectivity index (χ1v) is 14.2. The summed E-state index contributed by atoms with van der Waals surface area (Å²) in [5.74, 6) is 0. The van der Waals surface area contributed by atoms with Crippen molar-refractivity contribution in [3.63, 3.8) is 0 Å². The molecule has 2 unspecified atom stereocenters. The molecule has 0 bridgehead atoms. The molecule has 2 aromatic heterocycles. The number of hydrogen-bond acceptors (Lipinski definition) is 4. The molecule has 0 saturated carbocycles. The fourth-order valence-corrected chi connectivity index (χ4v) is 5.94.